The van der Waals surface area contributed by atoms with E-state index in [1.165, 1.54) is 31.4 Å². The highest BCUT2D eigenvalue weighted by molar-refractivity contribution is 5.81. The molecule has 5 nitrogen and oxygen atoms in total. The van der Waals surface area contributed by atoms with Crippen LogP contribution in [-0.4, -0.2) is 23.4 Å². The maximum absolute atomic E-state index is 12.8. The lowest BCUT2D eigenvalue weighted by Gasteiger charge is -2.14. The molecule has 0 aliphatic heterocycles. The Morgan fingerprint density at radius 2 is 1.70 bits per heavy atom. The van der Waals surface area contributed by atoms with Crippen LogP contribution in [0.15, 0.2) is 47.3 Å². The van der Waals surface area contributed by atoms with Crippen molar-refractivity contribution >= 4 is 10.9 Å². The molecule has 0 fully saturated rings. The zero-order chi connectivity index (χ0) is 19.8. The van der Waals surface area contributed by atoms with E-state index < -0.39 is 6.36 Å². The minimum atomic E-state index is -4.76. The Bertz CT molecular complexity index is 1040. The summed E-state index contributed by atoms with van der Waals surface area (Å²) in [5, 5.41) is 10.7. The Hall–Kier alpha value is -3.16. The molecule has 0 bridgehead atoms. The van der Waals surface area contributed by atoms with Crippen LogP contribution in [-0.2, 0) is 6.42 Å². The number of aromatic nitrogens is 1. The van der Waals surface area contributed by atoms with Crippen molar-refractivity contribution in [3.63, 3.8) is 0 Å². The van der Waals surface area contributed by atoms with Gasteiger partial charge in [-0.05, 0) is 36.8 Å². The SMILES string of the molecule is COc1ccc2c(=O)c(Cc3ccc(OC(F)(F)F)cc3)c(C)n(O)c2c1. The van der Waals surface area contributed by atoms with Crippen molar-refractivity contribution in [2.75, 3.05) is 7.11 Å². The fraction of sp³-hybridized carbons (Fsp3) is 0.211. The number of alkyl halides is 3. The number of hydrogen-bond acceptors (Lipinski definition) is 4. The van der Waals surface area contributed by atoms with Crippen molar-refractivity contribution in [3.05, 3.63) is 69.5 Å². The van der Waals surface area contributed by atoms with Gasteiger partial charge in [-0.25, -0.2) is 0 Å². The zero-order valence-electron chi connectivity index (χ0n) is 14.5. The molecule has 1 aromatic heterocycles. The predicted octanol–water partition coefficient (Wildman–Crippen LogP) is 4.05. The summed E-state index contributed by atoms with van der Waals surface area (Å²) >= 11 is 0. The van der Waals surface area contributed by atoms with Gasteiger partial charge in [0, 0.05) is 23.4 Å². The Morgan fingerprint density at radius 1 is 1.07 bits per heavy atom. The van der Waals surface area contributed by atoms with Crippen molar-refractivity contribution < 1.29 is 27.9 Å². The standard InChI is InChI=1S/C19H16F3NO4/c1-11-16(9-12-3-5-13(6-4-12)27-19(20,21)22)18(24)15-8-7-14(26-2)10-17(15)23(11)25/h3-8,10,25H,9H2,1-2H3. The van der Waals surface area contributed by atoms with Gasteiger partial charge in [0.15, 0.2) is 5.43 Å². The molecule has 8 heteroatoms. The number of ether oxygens (including phenoxy) is 2. The Morgan fingerprint density at radius 3 is 2.30 bits per heavy atom. The minimum Gasteiger partial charge on any atom is -0.497 e. The second-order valence-corrected chi connectivity index (χ2v) is 5.96. The monoisotopic (exact) mass is 379 g/mol. The van der Waals surface area contributed by atoms with E-state index in [-0.39, 0.29) is 17.6 Å². The molecule has 0 saturated carbocycles. The van der Waals surface area contributed by atoms with Crippen LogP contribution < -0.4 is 14.9 Å². The van der Waals surface area contributed by atoms with Gasteiger partial charge in [0.2, 0.25) is 0 Å². The zero-order valence-corrected chi connectivity index (χ0v) is 14.5. The molecule has 0 aliphatic rings. The van der Waals surface area contributed by atoms with Gasteiger partial charge in [0.1, 0.15) is 11.5 Å². The lowest BCUT2D eigenvalue weighted by molar-refractivity contribution is -0.274. The molecule has 0 atom stereocenters. The van der Waals surface area contributed by atoms with Gasteiger partial charge in [0.25, 0.3) is 0 Å². The second kappa shape index (κ2) is 6.86. The number of nitrogens with zero attached hydrogens (tertiary/aromatic N) is 1. The highest BCUT2D eigenvalue weighted by Crippen LogP contribution is 2.25. The number of fused-ring (bicyclic) bond motifs is 1. The summed E-state index contributed by atoms with van der Waals surface area (Å²) in [5.74, 6) is 0.158. The molecule has 0 aliphatic carbocycles. The van der Waals surface area contributed by atoms with Gasteiger partial charge >= 0.3 is 6.36 Å². The van der Waals surface area contributed by atoms with E-state index in [0.29, 0.717) is 33.5 Å². The summed E-state index contributed by atoms with van der Waals surface area (Å²) in [6.07, 6.45) is -4.61. The van der Waals surface area contributed by atoms with Gasteiger partial charge in [0.05, 0.1) is 18.3 Å². The van der Waals surface area contributed by atoms with Crippen LogP contribution in [0.2, 0.25) is 0 Å². The molecule has 3 aromatic rings. The average molecular weight is 379 g/mol. The maximum Gasteiger partial charge on any atom is 0.573 e. The third-order valence-corrected chi connectivity index (χ3v) is 4.24. The maximum atomic E-state index is 12.8. The predicted molar refractivity (Wildman–Crippen MR) is 92.6 cm³/mol. The molecule has 1 N–H and O–H groups in total. The molecular formula is C19H16F3NO4. The molecule has 3 rings (SSSR count). The van der Waals surface area contributed by atoms with E-state index in [1.807, 2.05) is 0 Å². The van der Waals surface area contributed by atoms with E-state index in [1.54, 1.807) is 25.1 Å². The lowest BCUT2D eigenvalue weighted by atomic mass is 10.0. The lowest BCUT2D eigenvalue weighted by Crippen LogP contribution is -2.18. The third kappa shape index (κ3) is 3.84. The smallest absolute Gasteiger partial charge is 0.497 e. The van der Waals surface area contributed by atoms with Crippen LogP contribution in [0.5, 0.6) is 11.5 Å². The summed E-state index contributed by atoms with van der Waals surface area (Å²) in [6, 6.07) is 9.98. The highest BCUT2D eigenvalue weighted by Gasteiger charge is 2.31. The summed E-state index contributed by atoms with van der Waals surface area (Å²) in [7, 11) is 1.48. The number of methoxy groups -OCH3 is 1. The summed E-state index contributed by atoms with van der Waals surface area (Å²) in [6.45, 7) is 1.59. The number of benzene rings is 2. The molecule has 27 heavy (non-hydrogen) atoms. The van der Waals surface area contributed by atoms with Crippen molar-refractivity contribution in [1.29, 1.82) is 0 Å². The van der Waals surface area contributed by atoms with E-state index in [2.05, 4.69) is 4.74 Å². The van der Waals surface area contributed by atoms with Crippen LogP contribution in [0.25, 0.3) is 10.9 Å². The van der Waals surface area contributed by atoms with Gasteiger partial charge in [-0.1, -0.05) is 12.1 Å². The van der Waals surface area contributed by atoms with Crippen molar-refractivity contribution in [3.8, 4) is 11.5 Å². The van der Waals surface area contributed by atoms with Crippen molar-refractivity contribution in [1.82, 2.24) is 4.73 Å². The molecule has 0 spiro atoms. The number of rotatable bonds is 4. The fourth-order valence-corrected chi connectivity index (χ4v) is 2.86. The quantitative estimate of drug-likeness (QED) is 0.695. The van der Waals surface area contributed by atoms with Crippen LogP contribution in [0.1, 0.15) is 16.8 Å². The van der Waals surface area contributed by atoms with Crippen LogP contribution in [0.4, 0.5) is 13.2 Å². The number of pyridine rings is 1. The van der Waals surface area contributed by atoms with Crippen molar-refractivity contribution in [2.24, 2.45) is 0 Å². The largest absolute Gasteiger partial charge is 0.573 e. The Balaban J connectivity index is 1.99. The molecule has 0 amide bonds. The summed E-state index contributed by atoms with van der Waals surface area (Å²) in [5.41, 5.74) is 1.36. The van der Waals surface area contributed by atoms with E-state index in [0.717, 1.165) is 4.73 Å². The first-order chi connectivity index (χ1) is 12.7. The molecule has 0 unspecified atom stereocenters. The average Bonchev–Trinajstić information content (AvgIpc) is 2.63. The van der Waals surface area contributed by atoms with E-state index in [9.17, 15) is 23.2 Å². The first kappa shape index (κ1) is 18.6. The minimum absolute atomic E-state index is 0.152. The first-order valence-corrected chi connectivity index (χ1v) is 7.96. The van der Waals surface area contributed by atoms with Gasteiger partial charge in [-0.3, -0.25) is 4.79 Å². The Kier molecular flexibility index (Phi) is 4.73. The van der Waals surface area contributed by atoms with E-state index in [4.69, 9.17) is 4.74 Å². The second-order valence-electron chi connectivity index (χ2n) is 5.96. The van der Waals surface area contributed by atoms with Crippen molar-refractivity contribution in [2.45, 2.75) is 19.7 Å². The van der Waals surface area contributed by atoms with Gasteiger partial charge in [-0.2, -0.15) is 4.73 Å². The number of hydrogen-bond donors (Lipinski definition) is 1. The summed E-state index contributed by atoms with van der Waals surface area (Å²) < 4.78 is 46.6. The third-order valence-electron chi connectivity index (χ3n) is 4.24. The molecule has 2 aromatic carbocycles. The number of halogens is 3. The highest BCUT2D eigenvalue weighted by atomic mass is 19.4. The normalized spacial score (nSPS) is 11.6. The molecule has 0 saturated heterocycles. The molecule has 142 valence electrons. The molecule has 1 heterocycles. The van der Waals surface area contributed by atoms with Gasteiger partial charge < -0.3 is 14.7 Å². The van der Waals surface area contributed by atoms with Gasteiger partial charge in [-0.15, -0.1) is 13.2 Å². The van der Waals surface area contributed by atoms with Crippen LogP contribution in [0, 0.1) is 6.92 Å². The van der Waals surface area contributed by atoms with Crippen LogP contribution in [0.3, 0.4) is 0 Å². The molecular weight excluding hydrogens is 363 g/mol. The molecule has 0 radical (unpaired) electrons. The fourth-order valence-electron chi connectivity index (χ4n) is 2.86. The Labute approximate surface area is 152 Å². The summed E-state index contributed by atoms with van der Waals surface area (Å²) in [4.78, 5) is 12.8. The van der Waals surface area contributed by atoms with Crippen LogP contribution >= 0.6 is 0 Å². The topological polar surface area (TPSA) is 60.7 Å². The van der Waals surface area contributed by atoms with E-state index >= 15 is 0 Å². The first-order valence-electron chi connectivity index (χ1n) is 7.96.